The van der Waals surface area contributed by atoms with Crippen LogP contribution in [0.2, 0.25) is 0 Å². The van der Waals surface area contributed by atoms with E-state index in [1.54, 1.807) is 31.2 Å². The normalized spacial score (nSPS) is 14.7. The van der Waals surface area contributed by atoms with Crippen molar-refractivity contribution in [3.63, 3.8) is 0 Å². The van der Waals surface area contributed by atoms with Crippen molar-refractivity contribution in [2.24, 2.45) is 0 Å². The van der Waals surface area contributed by atoms with E-state index in [0.717, 1.165) is 0 Å². The van der Waals surface area contributed by atoms with Gasteiger partial charge in [-0.25, -0.2) is 4.79 Å². The molecule has 1 saturated heterocycles. The summed E-state index contributed by atoms with van der Waals surface area (Å²) in [7, 11) is 0. The number of benzene rings is 1. The van der Waals surface area contributed by atoms with E-state index in [9.17, 15) is 9.59 Å². The Hall–Kier alpha value is -1.88. The van der Waals surface area contributed by atoms with Gasteiger partial charge in [0.2, 0.25) is 0 Å². The molecule has 1 heterocycles. The van der Waals surface area contributed by atoms with Gasteiger partial charge >= 0.3 is 5.97 Å². The molecular weight excluding hydrogens is 236 g/mol. The summed E-state index contributed by atoms with van der Waals surface area (Å²) in [5.74, 6) is -0.822. The highest BCUT2D eigenvalue weighted by molar-refractivity contribution is 6.40. The minimum absolute atomic E-state index is 0.0802. The third-order valence-electron chi connectivity index (χ3n) is 2.49. The van der Waals surface area contributed by atoms with Crippen LogP contribution in [0.3, 0.4) is 0 Å². The lowest BCUT2D eigenvalue weighted by atomic mass is 10.1. The van der Waals surface area contributed by atoms with Gasteiger partial charge in [-0.1, -0.05) is 0 Å². The smallest absolute Gasteiger partial charge is 0.379 e. The summed E-state index contributed by atoms with van der Waals surface area (Å²) >= 11 is 0. The number of ether oxygens (including phenoxy) is 3. The third kappa shape index (κ3) is 2.87. The average Bonchev–Trinajstić information content (AvgIpc) is 2.34. The monoisotopic (exact) mass is 250 g/mol. The molecule has 1 aliphatic rings. The fourth-order valence-electron chi connectivity index (χ4n) is 1.47. The first kappa shape index (κ1) is 12.6. The minimum atomic E-state index is -0.835. The van der Waals surface area contributed by atoms with Crippen LogP contribution in [0, 0.1) is 0 Å². The fourth-order valence-corrected chi connectivity index (χ4v) is 1.47. The van der Waals surface area contributed by atoms with Crippen molar-refractivity contribution < 1.29 is 23.8 Å². The van der Waals surface area contributed by atoms with Gasteiger partial charge in [0.15, 0.2) is 0 Å². The molecule has 1 aliphatic heterocycles. The van der Waals surface area contributed by atoms with Gasteiger partial charge in [0, 0.05) is 5.56 Å². The van der Waals surface area contributed by atoms with Crippen LogP contribution in [-0.2, 0) is 14.3 Å². The van der Waals surface area contributed by atoms with Crippen LogP contribution in [0.25, 0.3) is 0 Å². The molecule has 1 fully saturated rings. The number of ketones is 1. The number of carbonyl (C=O) groups excluding carboxylic acids is 2. The molecule has 2 rings (SSSR count). The summed E-state index contributed by atoms with van der Waals surface area (Å²) in [5.41, 5.74) is 0.297. The minimum Gasteiger partial charge on any atom is -0.486 e. The Labute approximate surface area is 105 Å². The molecular formula is C13H14O5. The maximum absolute atomic E-state index is 11.6. The molecule has 18 heavy (non-hydrogen) atoms. The molecule has 0 bridgehead atoms. The molecule has 1 aromatic carbocycles. The molecule has 0 saturated carbocycles. The molecule has 96 valence electrons. The van der Waals surface area contributed by atoms with E-state index in [-0.39, 0.29) is 12.7 Å². The van der Waals surface area contributed by atoms with E-state index < -0.39 is 11.8 Å². The second-order valence-electron chi connectivity index (χ2n) is 3.85. The van der Waals surface area contributed by atoms with Crippen molar-refractivity contribution in [1.82, 2.24) is 0 Å². The largest absolute Gasteiger partial charge is 0.486 e. The van der Waals surface area contributed by atoms with E-state index in [2.05, 4.69) is 4.74 Å². The Morgan fingerprint density at radius 2 is 1.94 bits per heavy atom. The summed E-state index contributed by atoms with van der Waals surface area (Å²) in [6.45, 7) is 3.02. The second-order valence-corrected chi connectivity index (χ2v) is 3.85. The molecule has 0 spiro atoms. The summed E-state index contributed by atoms with van der Waals surface area (Å²) in [5, 5.41) is 0. The van der Waals surface area contributed by atoms with Crippen LogP contribution in [0.4, 0.5) is 0 Å². The van der Waals surface area contributed by atoms with E-state index >= 15 is 0 Å². The predicted octanol–water partition coefficient (Wildman–Crippen LogP) is 1.21. The van der Waals surface area contributed by atoms with Gasteiger partial charge in [-0.3, -0.25) is 4.79 Å². The maximum atomic E-state index is 11.6. The van der Waals surface area contributed by atoms with Crippen LogP contribution in [0.15, 0.2) is 24.3 Å². The predicted molar refractivity (Wildman–Crippen MR) is 62.6 cm³/mol. The number of hydrogen-bond acceptors (Lipinski definition) is 5. The maximum Gasteiger partial charge on any atom is 0.379 e. The van der Waals surface area contributed by atoms with E-state index in [4.69, 9.17) is 9.47 Å². The SMILES string of the molecule is CCOC(=O)C(=O)c1ccc(OC2COC2)cc1. The number of rotatable bonds is 5. The Balaban J connectivity index is 1.97. The van der Waals surface area contributed by atoms with Gasteiger partial charge in [0.1, 0.15) is 11.9 Å². The van der Waals surface area contributed by atoms with Crippen molar-refractivity contribution >= 4 is 11.8 Å². The molecule has 0 N–H and O–H groups in total. The van der Waals surface area contributed by atoms with Gasteiger partial charge in [0.25, 0.3) is 5.78 Å². The van der Waals surface area contributed by atoms with Crippen LogP contribution in [-0.4, -0.2) is 37.7 Å². The lowest BCUT2D eigenvalue weighted by molar-refractivity contribution is -0.137. The molecule has 0 atom stereocenters. The fraction of sp³-hybridized carbons (Fsp3) is 0.385. The number of carbonyl (C=O) groups is 2. The highest BCUT2D eigenvalue weighted by Crippen LogP contribution is 2.17. The standard InChI is InChI=1S/C13H14O5/c1-2-17-13(15)12(14)9-3-5-10(6-4-9)18-11-7-16-8-11/h3-6,11H,2,7-8H2,1H3. The first-order chi connectivity index (χ1) is 8.70. The topological polar surface area (TPSA) is 61.8 Å². The first-order valence-electron chi connectivity index (χ1n) is 5.76. The van der Waals surface area contributed by atoms with Crippen LogP contribution in [0.1, 0.15) is 17.3 Å². The van der Waals surface area contributed by atoms with E-state index in [1.807, 2.05) is 0 Å². The van der Waals surface area contributed by atoms with E-state index in [1.165, 1.54) is 0 Å². The number of Topliss-reactive ketones (excluding diaryl/α,β-unsaturated/α-hetero) is 1. The zero-order valence-electron chi connectivity index (χ0n) is 10.0. The summed E-state index contributed by atoms with van der Waals surface area (Å²) in [6.07, 6.45) is 0.0802. The van der Waals surface area contributed by atoms with E-state index in [0.29, 0.717) is 24.5 Å². The summed E-state index contributed by atoms with van der Waals surface area (Å²) in [4.78, 5) is 22.8. The molecule has 0 radical (unpaired) electrons. The lowest BCUT2D eigenvalue weighted by Gasteiger charge is -2.26. The van der Waals surface area contributed by atoms with Crippen molar-refractivity contribution in [1.29, 1.82) is 0 Å². The van der Waals surface area contributed by atoms with Gasteiger partial charge in [-0.2, -0.15) is 0 Å². The zero-order valence-corrected chi connectivity index (χ0v) is 10.0. The van der Waals surface area contributed by atoms with Gasteiger partial charge in [0.05, 0.1) is 19.8 Å². The molecule has 0 unspecified atom stereocenters. The average molecular weight is 250 g/mol. The van der Waals surface area contributed by atoms with Gasteiger partial charge < -0.3 is 14.2 Å². The summed E-state index contributed by atoms with van der Waals surface area (Å²) in [6, 6.07) is 6.41. The molecule has 0 aromatic heterocycles. The highest BCUT2D eigenvalue weighted by atomic mass is 16.6. The molecule has 0 aliphatic carbocycles. The quantitative estimate of drug-likeness (QED) is 0.446. The van der Waals surface area contributed by atoms with Gasteiger partial charge in [-0.05, 0) is 31.2 Å². The Bertz CT molecular complexity index is 433. The Morgan fingerprint density at radius 3 is 2.44 bits per heavy atom. The molecule has 5 heteroatoms. The first-order valence-corrected chi connectivity index (χ1v) is 5.76. The third-order valence-corrected chi connectivity index (χ3v) is 2.49. The molecule has 0 amide bonds. The number of esters is 1. The molecule has 1 aromatic rings. The lowest BCUT2D eigenvalue weighted by Crippen LogP contribution is -2.38. The second kappa shape index (κ2) is 5.64. The van der Waals surface area contributed by atoms with Gasteiger partial charge in [-0.15, -0.1) is 0 Å². The summed E-state index contributed by atoms with van der Waals surface area (Å²) < 4.78 is 15.2. The van der Waals surface area contributed by atoms with Crippen LogP contribution in [0.5, 0.6) is 5.75 Å². The zero-order chi connectivity index (χ0) is 13.0. The van der Waals surface area contributed by atoms with Crippen molar-refractivity contribution in [3.05, 3.63) is 29.8 Å². The van der Waals surface area contributed by atoms with Crippen molar-refractivity contribution in [3.8, 4) is 5.75 Å². The van der Waals surface area contributed by atoms with Crippen LogP contribution < -0.4 is 4.74 Å². The Kier molecular flexibility index (Phi) is 3.94. The Morgan fingerprint density at radius 1 is 1.28 bits per heavy atom. The number of hydrogen-bond donors (Lipinski definition) is 0. The highest BCUT2D eigenvalue weighted by Gasteiger charge is 2.21. The van der Waals surface area contributed by atoms with Crippen molar-refractivity contribution in [2.45, 2.75) is 13.0 Å². The molecule has 5 nitrogen and oxygen atoms in total. The van der Waals surface area contributed by atoms with Crippen molar-refractivity contribution in [2.75, 3.05) is 19.8 Å². The van der Waals surface area contributed by atoms with Crippen LogP contribution >= 0.6 is 0 Å².